The highest BCUT2D eigenvalue weighted by Gasteiger charge is 2.31. The van der Waals surface area contributed by atoms with Gasteiger partial charge in [-0.15, -0.1) is 0 Å². The molecule has 39 heavy (non-hydrogen) atoms. The Labute approximate surface area is 231 Å². The van der Waals surface area contributed by atoms with Crippen molar-refractivity contribution in [2.75, 3.05) is 56.2 Å². The van der Waals surface area contributed by atoms with Crippen LogP contribution in [0.1, 0.15) is 36.6 Å². The quantitative estimate of drug-likeness (QED) is 0.519. The summed E-state index contributed by atoms with van der Waals surface area (Å²) in [5.41, 5.74) is 4.83. The largest absolute Gasteiger partial charge is 0.462 e. The van der Waals surface area contributed by atoms with Gasteiger partial charge in [0.2, 0.25) is 0 Å². The van der Waals surface area contributed by atoms with Gasteiger partial charge in [0, 0.05) is 61.4 Å². The van der Waals surface area contributed by atoms with Crippen LogP contribution in [0, 0.1) is 24.2 Å². The molecule has 0 spiro atoms. The molecule has 0 radical (unpaired) electrons. The normalized spacial score (nSPS) is 23.6. The van der Waals surface area contributed by atoms with Gasteiger partial charge in [-0.3, -0.25) is 4.90 Å². The molecule has 6 rings (SSSR count). The number of likely N-dealkylation sites (tertiary alicyclic amines) is 1. The van der Waals surface area contributed by atoms with Crippen molar-refractivity contribution in [1.29, 1.82) is 5.26 Å². The monoisotopic (exact) mass is 525 g/mol. The smallest absolute Gasteiger partial charge is 0.318 e. The number of aromatic nitrogens is 2. The molecular formula is C31H39N7O. The Morgan fingerprint density at radius 3 is 2.74 bits per heavy atom. The molecule has 3 aromatic rings. The van der Waals surface area contributed by atoms with E-state index in [0.29, 0.717) is 31.0 Å². The number of ether oxygens (including phenoxy) is 1. The number of benzene rings is 2. The molecule has 2 aromatic carbocycles. The lowest BCUT2D eigenvalue weighted by molar-refractivity contribution is 0.187. The average Bonchev–Trinajstić information content (AvgIpc) is 3.27. The van der Waals surface area contributed by atoms with Crippen molar-refractivity contribution in [2.24, 2.45) is 5.92 Å². The summed E-state index contributed by atoms with van der Waals surface area (Å²) in [5.74, 6) is 1.67. The minimum atomic E-state index is 0.145. The molecule has 1 N–H and O–H groups in total. The van der Waals surface area contributed by atoms with Crippen molar-refractivity contribution >= 4 is 22.3 Å². The van der Waals surface area contributed by atoms with E-state index in [0.717, 1.165) is 63.6 Å². The third-order valence-electron chi connectivity index (χ3n) is 8.65. The Morgan fingerprint density at radius 1 is 1.10 bits per heavy atom. The first kappa shape index (κ1) is 25.8. The first-order valence-corrected chi connectivity index (χ1v) is 14.3. The Balaban J connectivity index is 1.33. The zero-order chi connectivity index (χ0) is 26.9. The van der Waals surface area contributed by atoms with E-state index in [4.69, 9.17) is 14.7 Å². The molecule has 204 valence electrons. The molecule has 4 heterocycles. The lowest BCUT2D eigenvalue weighted by Gasteiger charge is -2.37. The second-order valence-electron chi connectivity index (χ2n) is 11.6. The van der Waals surface area contributed by atoms with Gasteiger partial charge >= 0.3 is 6.01 Å². The van der Waals surface area contributed by atoms with Crippen LogP contribution in [0.4, 0.5) is 11.5 Å². The van der Waals surface area contributed by atoms with Crippen molar-refractivity contribution in [3.63, 3.8) is 0 Å². The van der Waals surface area contributed by atoms with Crippen LogP contribution in [-0.2, 0) is 13.0 Å². The van der Waals surface area contributed by atoms with E-state index in [1.807, 2.05) is 0 Å². The van der Waals surface area contributed by atoms with Crippen molar-refractivity contribution in [3.8, 4) is 12.1 Å². The van der Waals surface area contributed by atoms with E-state index in [9.17, 15) is 5.26 Å². The molecule has 3 aliphatic rings. The highest BCUT2D eigenvalue weighted by atomic mass is 16.5. The van der Waals surface area contributed by atoms with Crippen LogP contribution < -0.4 is 19.9 Å². The van der Waals surface area contributed by atoms with Gasteiger partial charge in [0.15, 0.2) is 0 Å². The summed E-state index contributed by atoms with van der Waals surface area (Å²) < 4.78 is 6.33. The standard InChI is InChI=1S/C31H39N7O/c1-21-16-25(36(3)17-21)20-39-31-34-27-19-37(28-9-5-8-23-7-4-6-22(2)29(23)28)14-11-26(27)30(35-31)38-15-13-33-24(18-38)10-12-32/h4-9,21,24-25,33H,10-11,13-20H2,1-3H3/t21-,24-,25-/m0/s1. The number of hydrogen-bond donors (Lipinski definition) is 1. The molecule has 0 amide bonds. The molecule has 2 fully saturated rings. The van der Waals surface area contributed by atoms with Crippen LogP contribution in [0.25, 0.3) is 10.8 Å². The fourth-order valence-electron chi connectivity index (χ4n) is 6.68. The van der Waals surface area contributed by atoms with Crippen molar-refractivity contribution < 1.29 is 4.74 Å². The lowest BCUT2D eigenvalue weighted by Crippen LogP contribution is -2.51. The molecule has 8 nitrogen and oxygen atoms in total. The summed E-state index contributed by atoms with van der Waals surface area (Å²) >= 11 is 0. The van der Waals surface area contributed by atoms with Crippen LogP contribution in [-0.4, -0.2) is 73.3 Å². The number of piperazine rings is 1. The third kappa shape index (κ3) is 5.26. The Kier molecular flexibility index (Phi) is 7.28. The second-order valence-corrected chi connectivity index (χ2v) is 11.6. The van der Waals surface area contributed by atoms with Gasteiger partial charge < -0.3 is 19.9 Å². The van der Waals surface area contributed by atoms with Crippen LogP contribution in [0.2, 0.25) is 0 Å². The molecule has 2 saturated heterocycles. The summed E-state index contributed by atoms with van der Waals surface area (Å²) in [6, 6.07) is 16.4. The van der Waals surface area contributed by atoms with E-state index < -0.39 is 0 Å². The first-order valence-electron chi connectivity index (χ1n) is 14.3. The van der Waals surface area contributed by atoms with Crippen molar-refractivity contribution in [2.45, 2.75) is 51.7 Å². The predicted octanol–water partition coefficient (Wildman–Crippen LogP) is 3.91. The van der Waals surface area contributed by atoms with Gasteiger partial charge in [-0.1, -0.05) is 37.3 Å². The maximum Gasteiger partial charge on any atom is 0.318 e. The number of likely N-dealkylation sites (N-methyl/N-ethyl adjacent to an activating group) is 1. The fourth-order valence-corrected chi connectivity index (χ4v) is 6.68. The Morgan fingerprint density at radius 2 is 1.95 bits per heavy atom. The van der Waals surface area contributed by atoms with Crippen LogP contribution in [0.15, 0.2) is 36.4 Å². The zero-order valence-electron chi connectivity index (χ0n) is 23.4. The van der Waals surface area contributed by atoms with E-state index in [1.165, 1.54) is 27.6 Å². The summed E-state index contributed by atoms with van der Waals surface area (Å²) in [7, 11) is 2.18. The highest BCUT2D eigenvalue weighted by Crippen LogP contribution is 2.35. The van der Waals surface area contributed by atoms with Gasteiger partial charge in [0.25, 0.3) is 0 Å². The maximum atomic E-state index is 9.29. The lowest BCUT2D eigenvalue weighted by atomic mass is 9.99. The van der Waals surface area contributed by atoms with Crippen LogP contribution >= 0.6 is 0 Å². The van der Waals surface area contributed by atoms with Gasteiger partial charge in [-0.2, -0.15) is 15.2 Å². The second kappa shape index (κ2) is 11.0. The fraction of sp³-hybridized carbons (Fsp3) is 0.516. The molecular weight excluding hydrogens is 486 g/mol. The minimum absolute atomic E-state index is 0.145. The average molecular weight is 526 g/mol. The van der Waals surface area contributed by atoms with Gasteiger partial charge in [0.1, 0.15) is 12.4 Å². The minimum Gasteiger partial charge on any atom is -0.462 e. The van der Waals surface area contributed by atoms with Crippen LogP contribution in [0.3, 0.4) is 0 Å². The number of nitrogens with one attached hydrogen (secondary N) is 1. The zero-order valence-corrected chi connectivity index (χ0v) is 23.4. The molecule has 0 aliphatic carbocycles. The summed E-state index contributed by atoms with van der Waals surface area (Å²) in [5, 5.41) is 15.4. The molecule has 0 bridgehead atoms. The molecule has 3 aliphatic heterocycles. The predicted molar refractivity (Wildman–Crippen MR) is 155 cm³/mol. The number of rotatable bonds is 6. The molecule has 8 heteroatoms. The summed E-state index contributed by atoms with van der Waals surface area (Å²) in [4.78, 5) is 17.2. The molecule has 0 unspecified atom stereocenters. The van der Waals surface area contributed by atoms with Gasteiger partial charge in [0.05, 0.1) is 24.7 Å². The number of aryl methyl sites for hydroxylation is 1. The molecule has 1 aromatic heterocycles. The maximum absolute atomic E-state index is 9.29. The van der Waals surface area contributed by atoms with Crippen LogP contribution in [0.5, 0.6) is 6.01 Å². The number of hydrogen-bond acceptors (Lipinski definition) is 8. The van der Waals surface area contributed by atoms with E-state index >= 15 is 0 Å². The topological polar surface area (TPSA) is 80.6 Å². The Hall–Kier alpha value is -3.41. The van der Waals surface area contributed by atoms with Gasteiger partial charge in [-0.05, 0) is 49.7 Å². The SMILES string of the molecule is Cc1cccc2cccc(N3CCc4c(nc(OC[C@@H]5C[C@H](C)CN5C)nc4N4CCN[C@@H](CC#N)C4)C3)c12. The highest BCUT2D eigenvalue weighted by molar-refractivity contribution is 5.97. The number of anilines is 2. The number of fused-ring (bicyclic) bond motifs is 2. The summed E-state index contributed by atoms with van der Waals surface area (Å²) in [6.07, 6.45) is 2.51. The number of nitrogens with zero attached hydrogens (tertiary/aromatic N) is 6. The van der Waals surface area contributed by atoms with Crippen molar-refractivity contribution in [3.05, 3.63) is 53.2 Å². The van der Waals surface area contributed by atoms with E-state index in [1.54, 1.807) is 0 Å². The third-order valence-corrected chi connectivity index (χ3v) is 8.65. The molecule has 3 atom stereocenters. The number of nitriles is 1. The molecule has 0 saturated carbocycles. The van der Waals surface area contributed by atoms with Crippen molar-refractivity contribution in [1.82, 2.24) is 20.2 Å². The first-order chi connectivity index (χ1) is 19.0. The van der Waals surface area contributed by atoms with E-state index in [-0.39, 0.29) is 6.04 Å². The summed E-state index contributed by atoms with van der Waals surface area (Å²) in [6.45, 7) is 10.3. The van der Waals surface area contributed by atoms with Gasteiger partial charge in [-0.25, -0.2) is 0 Å². The Bertz CT molecular complexity index is 1380. The van der Waals surface area contributed by atoms with E-state index in [2.05, 4.69) is 83.4 Å².